The van der Waals surface area contributed by atoms with Crippen molar-refractivity contribution in [3.63, 3.8) is 0 Å². The number of hydrogen-bond donors (Lipinski definition) is 1. The zero-order valence-corrected chi connectivity index (χ0v) is 11.4. The Kier molecular flexibility index (Phi) is 5.06. The maximum atomic E-state index is 13.6. The van der Waals surface area contributed by atoms with Crippen LogP contribution in [-0.2, 0) is 11.2 Å². The molecule has 0 atom stereocenters. The Bertz CT molecular complexity index is 473. The van der Waals surface area contributed by atoms with Gasteiger partial charge in [-0.1, -0.05) is 18.9 Å². The molecule has 1 aromatic carbocycles. The van der Waals surface area contributed by atoms with E-state index in [0.29, 0.717) is 13.1 Å². The van der Waals surface area contributed by atoms with Crippen molar-refractivity contribution in [3.05, 3.63) is 35.4 Å². The Balaban J connectivity index is 2.07. The summed E-state index contributed by atoms with van der Waals surface area (Å²) in [7, 11) is 0. The average molecular weight is 282 g/mol. The van der Waals surface area contributed by atoms with Crippen LogP contribution in [0.15, 0.2) is 18.2 Å². The highest BCUT2D eigenvalue weighted by Gasteiger charge is 2.26. The summed E-state index contributed by atoms with van der Waals surface area (Å²) in [6.45, 7) is 0.889. The fourth-order valence-electron chi connectivity index (χ4n) is 2.80. The molecule has 110 valence electrons. The lowest BCUT2D eigenvalue weighted by Gasteiger charge is -2.28. The lowest BCUT2D eigenvalue weighted by atomic mass is 10.1. The van der Waals surface area contributed by atoms with Gasteiger partial charge in [0.15, 0.2) is 0 Å². The van der Waals surface area contributed by atoms with Crippen LogP contribution in [0.25, 0.3) is 0 Å². The molecule has 0 bridgehead atoms. The Morgan fingerprint density at radius 1 is 1.30 bits per heavy atom. The molecule has 0 heterocycles. The van der Waals surface area contributed by atoms with Gasteiger partial charge in [0.05, 0.1) is 6.42 Å². The molecule has 1 aliphatic carbocycles. The number of benzene rings is 1. The third kappa shape index (κ3) is 3.54. The minimum Gasteiger partial charge on any atom is -0.338 e. The largest absolute Gasteiger partial charge is 0.338 e. The van der Waals surface area contributed by atoms with Crippen molar-refractivity contribution in [2.24, 2.45) is 5.73 Å². The van der Waals surface area contributed by atoms with E-state index in [1.165, 1.54) is 12.1 Å². The number of carbonyl (C=O) groups is 1. The van der Waals surface area contributed by atoms with Crippen LogP contribution in [0.1, 0.15) is 31.2 Å². The minimum atomic E-state index is -0.669. The van der Waals surface area contributed by atoms with Gasteiger partial charge >= 0.3 is 0 Å². The Hall–Kier alpha value is -1.49. The third-order valence-electron chi connectivity index (χ3n) is 3.81. The zero-order valence-electron chi connectivity index (χ0n) is 11.4. The molecule has 0 unspecified atom stereocenters. The fraction of sp³-hybridized carbons (Fsp3) is 0.533. The molecule has 20 heavy (non-hydrogen) atoms. The Morgan fingerprint density at radius 2 is 2.00 bits per heavy atom. The number of nitrogens with zero attached hydrogens (tertiary/aromatic N) is 1. The molecule has 0 aromatic heterocycles. The normalized spacial score (nSPS) is 15.6. The van der Waals surface area contributed by atoms with Gasteiger partial charge in [0.1, 0.15) is 11.6 Å². The van der Waals surface area contributed by atoms with Gasteiger partial charge in [0.2, 0.25) is 5.91 Å². The first-order valence-electron chi connectivity index (χ1n) is 7.05. The Morgan fingerprint density at radius 3 is 2.60 bits per heavy atom. The SMILES string of the molecule is NCCN(C(=O)Cc1ccc(F)cc1F)C1CCCC1. The summed E-state index contributed by atoms with van der Waals surface area (Å²) < 4.78 is 26.5. The highest BCUT2D eigenvalue weighted by atomic mass is 19.1. The summed E-state index contributed by atoms with van der Waals surface area (Å²) in [4.78, 5) is 14.1. The number of hydrogen-bond acceptors (Lipinski definition) is 2. The summed E-state index contributed by atoms with van der Waals surface area (Å²) in [6.07, 6.45) is 4.16. The van der Waals surface area contributed by atoms with E-state index >= 15 is 0 Å². The van der Waals surface area contributed by atoms with Crippen LogP contribution in [0.3, 0.4) is 0 Å². The minimum absolute atomic E-state index is 0.0391. The van der Waals surface area contributed by atoms with E-state index in [9.17, 15) is 13.6 Å². The topological polar surface area (TPSA) is 46.3 Å². The number of halogens is 2. The van der Waals surface area contributed by atoms with Gasteiger partial charge in [-0.3, -0.25) is 4.79 Å². The molecule has 0 spiro atoms. The molecule has 1 amide bonds. The first-order valence-corrected chi connectivity index (χ1v) is 7.05. The van der Waals surface area contributed by atoms with Crippen molar-refractivity contribution in [2.45, 2.75) is 38.1 Å². The summed E-state index contributed by atoms with van der Waals surface area (Å²) in [6, 6.07) is 3.53. The van der Waals surface area contributed by atoms with Crippen LogP contribution in [0.5, 0.6) is 0 Å². The van der Waals surface area contributed by atoms with Crippen molar-refractivity contribution >= 4 is 5.91 Å². The van der Waals surface area contributed by atoms with Gasteiger partial charge in [0, 0.05) is 25.2 Å². The molecule has 5 heteroatoms. The van der Waals surface area contributed by atoms with E-state index in [2.05, 4.69) is 0 Å². The molecular formula is C15H20F2N2O. The van der Waals surface area contributed by atoms with E-state index in [0.717, 1.165) is 31.7 Å². The second-order valence-corrected chi connectivity index (χ2v) is 5.23. The van der Waals surface area contributed by atoms with Crippen molar-refractivity contribution in [1.82, 2.24) is 4.90 Å². The predicted octanol–water partition coefficient (Wildman–Crippen LogP) is 2.24. The van der Waals surface area contributed by atoms with Crippen molar-refractivity contribution in [3.8, 4) is 0 Å². The number of amides is 1. The maximum Gasteiger partial charge on any atom is 0.227 e. The monoisotopic (exact) mass is 282 g/mol. The van der Waals surface area contributed by atoms with E-state index in [1.54, 1.807) is 4.90 Å². The number of nitrogens with two attached hydrogens (primary N) is 1. The predicted molar refractivity (Wildman–Crippen MR) is 73.1 cm³/mol. The molecule has 2 N–H and O–H groups in total. The van der Waals surface area contributed by atoms with E-state index in [1.807, 2.05) is 0 Å². The maximum absolute atomic E-state index is 13.6. The van der Waals surface area contributed by atoms with Crippen molar-refractivity contribution in [2.75, 3.05) is 13.1 Å². The van der Waals surface area contributed by atoms with Crippen LogP contribution in [0.2, 0.25) is 0 Å². The highest BCUT2D eigenvalue weighted by Crippen LogP contribution is 2.24. The van der Waals surface area contributed by atoms with Crippen LogP contribution >= 0.6 is 0 Å². The van der Waals surface area contributed by atoms with Gasteiger partial charge < -0.3 is 10.6 Å². The van der Waals surface area contributed by atoms with Gasteiger partial charge in [-0.2, -0.15) is 0 Å². The van der Waals surface area contributed by atoms with Gasteiger partial charge in [-0.25, -0.2) is 8.78 Å². The third-order valence-corrected chi connectivity index (χ3v) is 3.81. The Labute approximate surface area is 117 Å². The standard InChI is InChI=1S/C15H20F2N2O/c16-12-6-5-11(14(17)10-12)9-15(20)19(8-7-18)13-3-1-2-4-13/h5-6,10,13H,1-4,7-9,18H2. The van der Waals surface area contributed by atoms with Gasteiger partial charge in [-0.05, 0) is 24.5 Å². The molecule has 0 radical (unpaired) electrons. The van der Waals surface area contributed by atoms with Gasteiger partial charge in [-0.15, -0.1) is 0 Å². The lowest BCUT2D eigenvalue weighted by Crippen LogP contribution is -2.42. The molecule has 1 saturated carbocycles. The van der Waals surface area contributed by atoms with E-state index in [-0.39, 0.29) is 23.9 Å². The first-order chi connectivity index (χ1) is 9.61. The molecule has 1 fully saturated rings. The average Bonchev–Trinajstić information content (AvgIpc) is 2.92. The van der Waals surface area contributed by atoms with Gasteiger partial charge in [0.25, 0.3) is 0 Å². The molecule has 0 saturated heterocycles. The summed E-state index contributed by atoms with van der Waals surface area (Å²) in [5, 5.41) is 0. The van der Waals surface area contributed by atoms with Crippen LogP contribution < -0.4 is 5.73 Å². The molecule has 0 aliphatic heterocycles. The fourth-order valence-corrected chi connectivity index (χ4v) is 2.80. The number of rotatable bonds is 5. The molecule has 1 aromatic rings. The highest BCUT2D eigenvalue weighted by molar-refractivity contribution is 5.79. The van der Waals surface area contributed by atoms with Crippen LogP contribution in [-0.4, -0.2) is 29.9 Å². The molecule has 3 nitrogen and oxygen atoms in total. The van der Waals surface area contributed by atoms with Crippen LogP contribution in [0, 0.1) is 11.6 Å². The second-order valence-electron chi connectivity index (χ2n) is 5.23. The van der Waals surface area contributed by atoms with Crippen molar-refractivity contribution < 1.29 is 13.6 Å². The van der Waals surface area contributed by atoms with E-state index in [4.69, 9.17) is 5.73 Å². The summed E-state index contributed by atoms with van der Waals surface area (Å²) in [5.74, 6) is -1.43. The number of carbonyl (C=O) groups excluding carboxylic acids is 1. The lowest BCUT2D eigenvalue weighted by molar-refractivity contribution is -0.132. The zero-order chi connectivity index (χ0) is 14.5. The molecular weight excluding hydrogens is 262 g/mol. The molecule has 2 rings (SSSR count). The smallest absolute Gasteiger partial charge is 0.227 e. The summed E-state index contributed by atoms with van der Waals surface area (Å²) in [5.41, 5.74) is 5.79. The first kappa shape index (κ1) is 14.9. The van der Waals surface area contributed by atoms with E-state index < -0.39 is 11.6 Å². The van der Waals surface area contributed by atoms with Crippen molar-refractivity contribution in [1.29, 1.82) is 0 Å². The molecule has 1 aliphatic rings. The second kappa shape index (κ2) is 6.79. The van der Waals surface area contributed by atoms with Crippen LogP contribution in [0.4, 0.5) is 8.78 Å². The summed E-state index contributed by atoms with van der Waals surface area (Å²) >= 11 is 0. The quantitative estimate of drug-likeness (QED) is 0.900.